The van der Waals surface area contributed by atoms with Crippen molar-refractivity contribution in [1.82, 2.24) is 9.97 Å². The zero-order valence-corrected chi connectivity index (χ0v) is 10.3. The summed E-state index contributed by atoms with van der Waals surface area (Å²) in [4.78, 5) is 9.40. The Morgan fingerprint density at radius 3 is 3.18 bits per heavy atom. The highest BCUT2D eigenvalue weighted by Crippen LogP contribution is 2.27. The molecule has 2 atom stereocenters. The van der Waals surface area contributed by atoms with Crippen LogP contribution < -0.4 is 11.1 Å². The first kappa shape index (κ1) is 10.7. The van der Waals surface area contributed by atoms with Crippen molar-refractivity contribution in [3.05, 3.63) is 11.4 Å². The molecule has 1 aliphatic heterocycles. The standard InChI is InChI=1S/C11H14N4OS/c1-6-8(2-4-16-6)13-9-7-3-5-17-10(7)15-11(12)14-9/h3,5-6,8H,2,4H2,1H3,(H3,12,13,14,15). The fraction of sp³-hybridized carbons (Fsp3) is 0.455. The Morgan fingerprint density at radius 1 is 1.53 bits per heavy atom. The third kappa shape index (κ3) is 1.94. The van der Waals surface area contributed by atoms with E-state index in [1.165, 1.54) is 0 Å². The van der Waals surface area contributed by atoms with Crippen molar-refractivity contribution in [2.75, 3.05) is 17.7 Å². The molecule has 2 aromatic rings. The Hall–Kier alpha value is -1.40. The highest BCUT2D eigenvalue weighted by Gasteiger charge is 2.25. The van der Waals surface area contributed by atoms with Gasteiger partial charge in [-0.05, 0) is 24.8 Å². The molecule has 0 aliphatic carbocycles. The van der Waals surface area contributed by atoms with Crippen molar-refractivity contribution in [3.8, 4) is 0 Å². The first-order valence-electron chi connectivity index (χ1n) is 5.63. The number of nitrogens with one attached hydrogen (secondary N) is 1. The fourth-order valence-corrected chi connectivity index (χ4v) is 2.85. The molecule has 0 saturated carbocycles. The van der Waals surface area contributed by atoms with Crippen LogP contribution in [0.5, 0.6) is 0 Å². The lowest BCUT2D eigenvalue weighted by Gasteiger charge is -2.17. The summed E-state index contributed by atoms with van der Waals surface area (Å²) < 4.78 is 5.53. The summed E-state index contributed by atoms with van der Waals surface area (Å²) in [6.45, 7) is 2.87. The number of anilines is 2. The van der Waals surface area contributed by atoms with Gasteiger partial charge in [-0.2, -0.15) is 4.98 Å². The number of rotatable bonds is 2. The number of nitrogen functional groups attached to an aromatic ring is 1. The maximum Gasteiger partial charge on any atom is 0.223 e. The van der Waals surface area contributed by atoms with Crippen molar-refractivity contribution in [3.63, 3.8) is 0 Å². The van der Waals surface area contributed by atoms with Crippen molar-refractivity contribution in [1.29, 1.82) is 0 Å². The van der Waals surface area contributed by atoms with Crippen LogP contribution >= 0.6 is 11.3 Å². The van der Waals surface area contributed by atoms with E-state index in [-0.39, 0.29) is 6.10 Å². The first-order chi connectivity index (χ1) is 8.24. The second kappa shape index (κ2) is 4.12. The van der Waals surface area contributed by atoms with Gasteiger partial charge in [0.25, 0.3) is 0 Å². The Labute approximate surface area is 103 Å². The lowest BCUT2D eigenvalue weighted by molar-refractivity contribution is 0.121. The van der Waals surface area contributed by atoms with E-state index >= 15 is 0 Å². The Balaban J connectivity index is 1.96. The number of ether oxygens (including phenoxy) is 1. The largest absolute Gasteiger partial charge is 0.376 e. The summed E-state index contributed by atoms with van der Waals surface area (Å²) in [7, 11) is 0. The number of thiophene rings is 1. The van der Waals surface area contributed by atoms with Gasteiger partial charge >= 0.3 is 0 Å². The topological polar surface area (TPSA) is 73.1 Å². The molecule has 0 aromatic carbocycles. The molecule has 1 aliphatic rings. The minimum Gasteiger partial charge on any atom is -0.376 e. The summed E-state index contributed by atoms with van der Waals surface area (Å²) in [6.07, 6.45) is 1.20. The van der Waals surface area contributed by atoms with E-state index in [0.29, 0.717) is 12.0 Å². The fourth-order valence-electron chi connectivity index (χ4n) is 2.08. The summed E-state index contributed by atoms with van der Waals surface area (Å²) >= 11 is 1.57. The second-order valence-electron chi connectivity index (χ2n) is 4.19. The van der Waals surface area contributed by atoms with Crippen LogP contribution in [0.4, 0.5) is 11.8 Å². The third-order valence-corrected chi connectivity index (χ3v) is 3.85. The van der Waals surface area contributed by atoms with Crippen molar-refractivity contribution in [2.24, 2.45) is 0 Å². The van der Waals surface area contributed by atoms with Gasteiger partial charge in [-0.15, -0.1) is 11.3 Å². The lowest BCUT2D eigenvalue weighted by Crippen LogP contribution is -2.27. The number of nitrogens with zero attached hydrogens (tertiary/aromatic N) is 2. The van der Waals surface area contributed by atoms with Crippen LogP contribution in [0.25, 0.3) is 10.2 Å². The zero-order valence-electron chi connectivity index (χ0n) is 9.51. The Morgan fingerprint density at radius 2 is 2.41 bits per heavy atom. The number of hydrogen-bond acceptors (Lipinski definition) is 6. The first-order valence-corrected chi connectivity index (χ1v) is 6.51. The van der Waals surface area contributed by atoms with Gasteiger partial charge in [0, 0.05) is 6.61 Å². The second-order valence-corrected chi connectivity index (χ2v) is 5.08. The van der Waals surface area contributed by atoms with Gasteiger partial charge in [0.1, 0.15) is 10.6 Å². The highest BCUT2D eigenvalue weighted by molar-refractivity contribution is 7.16. The normalized spacial score (nSPS) is 24.3. The van der Waals surface area contributed by atoms with E-state index in [1.807, 2.05) is 11.4 Å². The molecule has 90 valence electrons. The molecule has 0 bridgehead atoms. The molecule has 3 heterocycles. The number of nitrogens with two attached hydrogens (primary N) is 1. The molecule has 17 heavy (non-hydrogen) atoms. The molecule has 1 saturated heterocycles. The molecule has 5 nitrogen and oxygen atoms in total. The van der Waals surface area contributed by atoms with E-state index in [2.05, 4.69) is 22.2 Å². The van der Waals surface area contributed by atoms with Gasteiger partial charge in [-0.1, -0.05) is 0 Å². The van der Waals surface area contributed by atoms with E-state index in [4.69, 9.17) is 10.5 Å². The molecule has 3 rings (SSSR count). The lowest BCUT2D eigenvalue weighted by atomic mass is 10.1. The van der Waals surface area contributed by atoms with Gasteiger partial charge in [0.05, 0.1) is 17.5 Å². The number of fused-ring (bicyclic) bond motifs is 1. The van der Waals surface area contributed by atoms with Crippen LogP contribution in [0.2, 0.25) is 0 Å². The summed E-state index contributed by atoms with van der Waals surface area (Å²) in [6, 6.07) is 2.31. The van der Waals surface area contributed by atoms with Crippen LogP contribution in [0.15, 0.2) is 11.4 Å². The molecule has 1 fully saturated rings. The molecular weight excluding hydrogens is 236 g/mol. The molecule has 2 unspecified atom stereocenters. The van der Waals surface area contributed by atoms with Gasteiger partial charge in [-0.25, -0.2) is 4.98 Å². The van der Waals surface area contributed by atoms with Crippen LogP contribution in [0.3, 0.4) is 0 Å². The molecule has 6 heteroatoms. The van der Waals surface area contributed by atoms with Gasteiger partial charge in [-0.3, -0.25) is 0 Å². The van der Waals surface area contributed by atoms with E-state index in [0.717, 1.165) is 29.1 Å². The predicted octanol–water partition coefficient (Wildman–Crippen LogP) is 1.86. The minimum atomic E-state index is 0.208. The van der Waals surface area contributed by atoms with Crippen LogP contribution in [0, 0.1) is 0 Å². The molecule has 0 radical (unpaired) electrons. The highest BCUT2D eigenvalue weighted by atomic mass is 32.1. The summed E-state index contributed by atoms with van der Waals surface area (Å²) in [5.41, 5.74) is 5.71. The number of hydrogen-bond donors (Lipinski definition) is 2. The van der Waals surface area contributed by atoms with Gasteiger partial charge in [0.2, 0.25) is 5.95 Å². The average molecular weight is 250 g/mol. The molecule has 0 spiro atoms. The van der Waals surface area contributed by atoms with Crippen molar-refractivity contribution >= 4 is 33.3 Å². The van der Waals surface area contributed by atoms with Crippen LogP contribution in [0.1, 0.15) is 13.3 Å². The SMILES string of the molecule is CC1OCCC1Nc1nc(N)nc2sccc12. The monoisotopic (exact) mass is 250 g/mol. The predicted molar refractivity (Wildman–Crippen MR) is 69.3 cm³/mol. The molecule has 3 N–H and O–H groups in total. The third-order valence-electron chi connectivity index (χ3n) is 3.04. The van der Waals surface area contributed by atoms with E-state index in [9.17, 15) is 0 Å². The maximum absolute atomic E-state index is 5.71. The van der Waals surface area contributed by atoms with Crippen molar-refractivity contribution < 1.29 is 4.74 Å². The molecule has 0 amide bonds. The van der Waals surface area contributed by atoms with Crippen LogP contribution in [-0.2, 0) is 4.74 Å². The van der Waals surface area contributed by atoms with Crippen molar-refractivity contribution in [2.45, 2.75) is 25.5 Å². The Bertz CT molecular complexity index is 541. The smallest absolute Gasteiger partial charge is 0.223 e. The zero-order chi connectivity index (χ0) is 11.8. The maximum atomic E-state index is 5.71. The quantitative estimate of drug-likeness (QED) is 0.851. The minimum absolute atomic E-state index is 0.208. The average Bonchev–Trinajstić information content (AvgIpc) is 2.88. The number of aromatic nitrogens is 2. The summed E-state index contributed by atoms with van der Waals surface area (Å²) in [5.74, 6) is 1.13. The van der Waals surface area contributed by atoms with Crippen LogP contribution in [-0.4, -0.2) is 28.7 Å². The van der Waals surface area contributed by atoms with Gasteiger partial charge in [0.15, 0.2) is 0 Å². The van der Waals surface area contributed by atoms with E-state index < -0.39 is 0 Å². The molecule has 2 aromatic heterocycles. The van der Waals surface area contributed by atoms with Gasteiger partial charge < -0.3 is 15.8 Å². The molecular formula is C11H14N4OS. The summed E-state index contributed by atoms with van der Waals surface area (Å²) in [5, 5.41) is 6.44. The van der Waals surface area contributed by atoms with E-state index in [1.54, 1.807) is 11.3 Å². The Kier molecular flexibility index (Phi) is 2.60.